The third-order valence-electron chi connectivity index (χ3n) is 3.23. The molecule has 0 saturated heterocycles. The van der Waals surface area contributed by atoms with Crippen LogP contribution in [0.4, 0.5) is 8.78 Å². The summed E-state index contributed by atoms with van der Waals surface area (Å²) in [4.78, 5) is 0. The minimum Gasteiger partial charge on any atom is -0.388 e. The molecule has 1 aliphatic rings. The van der Waals surface area contributed by atoms with Gasteiger partial charge in [0.15, 0.2) is 11.6 Å². The Kier molecular flexibility index (Phi) is 3.60. The molecule has 0 heterocycles. The first-order valence-corrected chi connectivity index (χ1v) is 6.22. The van der Waals surface area contributed by atoms with Crippen LogP contribution >= 0.6 is 15.9 Å². The molecule has 1 saturated carbocycles. The summed E-state index contributed by atoms with van der Waals surface area (Å²) in [7, 11) is 0. The molecule has 0 amide bonds. The zero-order valence-corrected chi connectivity index (χ0v) is 10.3. The maximum absolute atomic E-state index is 13.3. The fourth-order valence-electron chi connectivity index (χ4n) is 2.30. The van der Waals surface area contributed by atoms with E-state index in [0.717, 1.165) is 31.7 Å². The minimum absolute atomic E-state index is 0.0481. The van der Waals surface area contributed by atoms with E-state index >= 15 is 0 Å². The second-order valence-electron chi connectivity index (χ2n) is 4.25. The summed E-state index contributed by atoms with van der Waals surface area (Å²) in [6, 6.07) is 2.51. The lowest BCUT2D eigenvalue weighted by molar-refractivity contribution is 0.110. The zero-order valence-electron chi connectivity index (χ0n) is 8.72. The highest BCUT2D eigenvalue weighted by Gasteiger charge is 2.27. The van der Waals surface area contributed by atoms with Crippen molar-refractivity contribution >= 4 is 15.9 Å². The highest BCUT2D eigenvalue weighted by molar-refractivity contribution is 9.10. The monoisotopic (exact) mass is 290 g/mol. The van der Waals surface area contributed by atoms with Crippen molar-refractivity contribution in [3.05, 3.63) is 33.8 Å². The van der Waals surface area contributed by atoms with Crippen molar-refractivity contribution in [2.24, 2.45) is 5.92 Å². The molecule has 88 valence electrons. The van der Waals surface area contributed by atoms with E-state index in [0.29, 0.717) is 5.56 Å². The Hall–Kier alpha value is -0.480. The van der Waals surface area contributed by atoms with Gasteiger partial charge in [0.25, 0.3) is 0 Å². The molecule has 0 bridgehead atoms. The molecule has 1 aromatic carbocycles. The van der Waals surface area contributed by atoms with Crippen LogP contribution < -0.4 is 0 Å². The number of halogens is 3. The third kappa shape index (κ3) is 2.13. The summed E-state index contributed by atoms with van der Waals surface area (Å²) in [5.74, 6) is -1.65. The number of rotatable bonds is 2. The van der Waals surface area contributed by atoms with Gasteiger partial charge in [-0.05, 0) is 46.3 Å². The smallest absolute Gasteiger partial charge is 0.173 e. The van der Waals surface area contributed by atoms with Gasteiger partial charge in [-0.1, -0.05) is 18.9 Å². The molecule has 0 spiro atoms. The molecular weight excluding hydrogens is 278 g/mol. The summed E-state index contributed by atoms with van der Waals surface area (Å²) < 4.78 is 26.3. The molecular formula is C12H13BrF2O. The van der Waals surface area contributed by atoms with Crippen molar-refractivity contribution < 1.29 is 13.9 Å². The topological polar surface area (TPSA) is 20.2 Å². The molecule has 1 unspecified atom stereocenters. The van der Waals surface area contributed by atoms with Gasteiger partial charge in [-0.15, -0.1) is 0 Å². The fraction of sp³-hybridized carbons (Fsp3) is 0.500. The zero-order chi connectivity index (χ0) is 11.7. The molecule has 4 heteroatoms. The van der Waals surface area contributed by atoms with Crippen LogP contribution in [0.25, 0.3) is 0 Å². The molecule has 1 nitrogen and oxygen atoms in total. The molecule has 1 atom stereocenters. The van der Waals surface area contributed by atoms with E-state index in [2.05, 4.69) is 15.9 Å². The Labute approximate surface area is 102 Å². The van der Waals surface area contributed by atoms with Gasteiger partial charge in [0.2, 0.25) is 0 Å². The van der Waals surface area contributed by atoms with Gasteiger partial charge >= 0.3 is 0 Å². The third-order valence-corrected chi connectivity index (χ3v) is 4.04. The number of benzene rings is 1. The second-order valence-corrected chi connectivity index (χ2v) is 5.05. The summed E-state index contributed by atoms with van der Waals surface area (Å²) in [5.41, 5.74) is 0.450. The molecule has 1 aliphatic carbocycles. The molecule has 16 heavy (non-hydrogen) atoms. The van der Waals surface area contributed by atoms with Crippen LogP contribution in [0.15, 0.2) is 16.6 Å². The van der Waals surface area contributed by atoms with Gasteiger partial charge in [-0.25, -0.2) is 8.78 Å². The Morgan fingerprint density at radius 3 is 2.50 bits per heavy atom. The molecule has 0 radical (unpaired) electrons. The first-order chi connectivity index (χ1) is 7.61. The van der Waals surface area contributed by atoms with Crippen molar-refractivity contribution in [3.63, 3.8) is 0 Å². The molecule has 1 N–H and O–H groups in total. The number of aliphatic hydroxyl groups is 1. The van der Waals surface area contributed by atoms with E-state index in [1.54, 1.807) is 0 Å². The van der Waals surface area contributed by atoms with E-state index in [1.165, 1.54) is 6.07 Å². The van der Waals surface area contributed by atoms with Crippen molar-refractivity contribution in [1.82, 2.24) is 0 Å². The molecule has 1 aromatic rings. The van der Waals surface area contributed by atoms with E-state index in [-0.39, 0.29) is 10.4 Å². The largest absolute Gasteiger partial charge is 0.388 e. The van der Waals surface area contributed by atoms with Gasteiger partial charge < -0.3 is 5.11 Å². The highest BCUT2D eigenvalue weighted by atomic mass is 79.9. The predicted octanol–water partition coefficient (Wildman–Crippen LogP) is 3.95. The van der Waals surface area contributed by atoms with Crippen molar-refractivity contribution in [3.8, 4) is 0 Å². The average molecular weight is 291 g/mol. The van der Waals surface area contributed by atoms with Crippen molar-refractivity contribution in [2.75, 3.05) is 0 Å². The Bertz CT molecular complexity index is 389. The minimum atomic E-state index is -0.922. The molecule has 1 fully saturated rings. The summed E-state index contributed by atoms with van der Waals surface area (Å²) in [6.45, 7) is 0. The quantitative estimate of drug-likeness (QED) is 0.818. The van der Waals surface area contributed by atoms with Crippen LogP contribution in [-0.4, -0.2) is 5.11 Å². The lowest BCUT2D eigenvalue weighted by Crippen LogP contribution is -2.10. The van der Waals surface area contributed by atoms with Gasteiger partial charge in [-0.2, -0.15) is 0 Å². The number of hydrogen-bond donors (Lipinski definition) is 1. The van der Waals surface area contributed by atoms with Gasteiger partial charge in [0.1, 0.15) is 0 Å². The maximum Gasteiger partial charge on any atom is 0.173 e. The first kappa shape index (κ1) is 12.0. The first-order valence-electron chi connectivity index (χ1n) is 5.42. The van der Waals surface area contributed by atoms with Crippen LogP contribution in [0.3, 0.4) is 0 Å². The second kappa shape index (κ2) is 4.80. The average Bonchev–Trinajstić information content (AvgIpc) is 2.79. The van der Waals surface area contributed by atoms with Crippen molar-refractivity contribution in [2.45, 2.75) is 31.8 Å². The fourth-order valence-corrected chi connectivity index (χ4v) is 2.85. The Morgan fingerprint density at radius 1 is 1.25 bits per heavy atom. The van der Waals surface area contributed by atoms with E-state index in [4.69, 9.17) is 0 Å². The van der Waals surface area contributed by atoms with E-state index in [1.807, 2.05) is 0 Å². The van der Waals surface area contributed by atoms with Crippen molar-refractivity contribution in [1.29, 1.82) is 0 Å². The lowest BCUT2D eigenvalue weighted by atomic mass is 9.94. The molecule has 2 rings (SSSR count). The predicted molar refractivity (Wildman–Crippen MR) is 61.0 cm³/mol. The van der Waals surface area contributed by atoms with E-state index in [9.17, 15) is 13.9 Å². The maximum atomic E-state index is 13.3. The van der Waals surface area contributed by atoms with E-state index < -0.39 is 17.7 Å². The van der Waals surface area contributed by atoms with Crippen LogP contribution in [0.1, 0.15) is 37.4 Å². The standard InChI is InChI=1S/C12H13BrF2O/c13-10-8(5-6-9(14)11(10)15)12(16)7-3-1-2-4-7/h5-7,12,16H,1-4H2. The Morgan fingerprint density at radius 2 is 1.88 bits per heavy atom. The highest BCUT2D eigenvalue weighted by Crippen LogP contribution is 2.39. The number of hydrogen-bond acceptors (Lipinski definition) is 1. The molecule has 0 aromatic heterocycles. The summed E-state index contributed by atoms with van der Waals surface area (Å²) in [5, 5.41) is 10.1. The lowest BCUT2D eigenvalue weighted by Gasteiger charge is -2.19. The van der Waals surface area contributed by atoms with Crippen LogP contribution in [0.2, 0.25) is 0 Å². The normalized spacial score (nSPS) is 19.0. The molecule has 0 aliphatic heterocycles. The van der Waals surface area contributed by atoms with Crippen LogP contribution in [-0.2, 0) is 0 Å². The van der Waals surface area contributed by atoms with Crippen LogP contribution in [0, 0.1) is 17.6 Å². The summed E-state index contributed by atoms with van der Waals surface area (Å²) in [6.07, 6.45) is 3.40. The SMILES string of the molecule is OC(c1ccc(F)c(F)c1Br)C1CCCC1. The van der Waals surface area contributed by atoms with Gasteiger partial charge in [-0.3, -0.25) is 0 Å². The van der Waals surface area contributed by atoms with Gasteiger partial charge in [0.05, 0.1) is 10.6 Å². The van der Waals surface area contributed by atoms with Crippen LogP contribution in [0.5, 0.6) is 0 Å². The Balaban J connectivity index is 2.29. The van der Waals surface area contributed by atoms with Gasteiger partial charge in [0, 0.05) is 0 Å². The summed E-state index contributed by atoms with van der Waals surface area (Å²) >= 11 is 3.00. The number of aliphatic hydroxyl groups excluding tert-OH is 1.